The lowest BCUT2D eigenvalue weighted by Crippen LogP contribution is -2.36. The standard InChI is InChI=1S/C11H15NO2/c1-12-9-5-8-3-4-10(13-2)6-11(8)14-7-9/h3-4,6,9,12H,5,7H2,1-2H3. The number of methoxy groups -OCH3 is 1. The van der Waals surface area contributed by atoms with E-state index in [1.165, 1.54) is 5.56 Å². The number of ether oxygens (including phenoxy) is 2. The normalized spacial score (nSPS) is 19.7. The van der Waals surface area contributed by atoms with Gasteiger partial charge in [0.25, 0.3) is 0 Å². The maximum atomic E-state index is 5.63. The Morgan fingerprint density at radius 1 is 1.50 bits per heavy atom. The first-order valence-corrected chi connectivity index (χ1v) is 4.80. The minimum Gasteiger partial charge on any atom is -0.497 e. The van der Waals surface area contributed by atoms with Crippen molar-refractivity contribution in [2.24, 2.45) is 0 Å². The van der Waals surface area contributed by atoms with E-state index < -0.39 is 0 Å². The Labute approximate surface area is 84.0 Å². The quantitative estimate of drug-likeness (QED) is 0.766. The molecule has 1 aromatic rings. The third-order valence-electron chi connectivity index (χ3n) is 2.59. The fourth-order valence-electron chi connectivity index (χ4n) is 1.66. The monoisotopic (exact) mass is 193 g/mol. The molecule has 0 saturated heterocycles. The van der Waals surface area contributed by atoms with Gasteiger partial charge in [-0.05, 0) is 25.1 Å². The van der Waals surface area contributed by atoms with Gasteiger partial charge in [-0.25, -0.2) is 0 Å². The van der Waals surface area contributed by atoms with E-state index in [-0.39, 0.29) is 0 Å². The Morgan fingerprint density at radius 2 is 2.36 bits per heavy atom. The molecule has 0 radical (unpaired) electrons. The van der Waals surface area contributed by atoms with Crippen LogP contribution in [0.25, 0.3) is 0 Å². The molecule has 0 amide bonds. The molecule has 2 rings (SSSR count). The number of rotatable bonds is 2. The summed E-state index contributed by atoms with van der Waals surface area (Å²) in [5, 5.41) is 3.22. The summed E-state index contributed by atoms with van der Waals surface area (Å²) in [6, 6.07) is 6.41. The maximum absolute atomic E-state index is 5.63. The number of fused-ring (bicyclic) bond motifs is 1. The van der Waals surface area contributed by atoms with Gasteiger partial charge in [-0.2, -0.15) is 0 Å². The van der Waals surface area contributed by atoms with E-state index in [0.29, 0.717) is 6.04 Å². The van der Waals surface area contributed by atoms with Crippen LogP contribution in [0.1, 0.15) is 5.56 Å². The summed E-state index contributed by atoms with van der Waals surface area (Å²) in [6.07, 6.45) is 1.02. The van der Waals surface area contributed by atoms with E-state index in [0.717, 1.165) is 24.5 Å². The summed E-state index contributed by atoms with van der Waals surface area (Å²) in [6.45, 7) is 0.733. The summed E-state index contributed by atoms with van der Waals surface area (Å²) < 4.78 is 10.8. The second-order valence-corrected chi connectivity index (χ2v) is 3.47. The third-order valence-corrected chi connectivity index (χ3v) is 2.59. The average molecular weight is 193 g/mol. The van der Waals surface area contributed by atoms with Gasteiger partial charge in [0.2, 0.25) is 0 Å². The molecule has 1 heterocycles. The van der Waals surface area contributed by atoms with Crippen LogP contribution in [0.3, 0.4) is 0 Å². The molecule has 1 N–H and O–H groups in total. The van der Waals surface area contributed by atoms with E-state index in [2.05, 4.69) is 11.4 Å². The first-order chi connectivity index (χ1) is 6.83. The lowest BCUT2D eigenvalue weighted by molar-refractivity contribution is 0.244. The van der Waals surface area contributed by atoms with Crippen LogP contribution in [0, 0.1) is 0 Å². The molecule has 3 nitrogen and oxygen atoms in total. The smallest absolute Gasteiger partial charge is 0.126 e. The molecule has 0 saturated carbocycles. The average Bonchev–Trinajstić information content (AvgIpc) is 2.27. The molecule has 0 spiro atoms. The zero-order valence-corrected chi connectivity index (χ0v) is 8.54. The molecule has 0 bridgehead atoms. The van der Waals surface area contributed by atoms with Gasteiger partial charge >= 0.3 is 0 Å². The predicted octanol–water partition coefficient (Wildman–Crippen LogP) is 1.22. The van der Waals surface area contributed by atoms with Crippen molar-refractivity contribution in [3.8, 4) is 11.5 Å². The van der Waals surface area contributed by atoms with Crippen molar-refractivity contribution >= 4 is 0 Å². The topological polar surface area (TPSA) is 30.5 Å². The lowest BCUT2D eigenvalue weighted by Gasteiger charge is -2.25. The van der Waals surface area contributed by atoms with Crippen LogP contribution in [-0.4, -0.2) is 26.8 Å². The molecule has 1 atom stereocenters. The fraction of sp³-hybridized carbons (Fsp3) is 0.455. The Hall–Kier alpha value is -1.22. The zero-order chi connectivity index (χ0) is 9.97. The molecule has 1 aromatic carbocycles. The lowest BCUT2D eigenvalue weighted by atomic mass is 10.0. The molecule has 0 fully saturated rings. The van der Waals surface area contributed by atoms with Crippen molar-refractivity contribution in [2.45, 2.75) is 12.5 Å². The van der Waals surface area contributed by atoms with Crippen molar-refractivity contribution < 1.29 is 9.47 Å². The Morgan fingerprint density at radius 3 is 3.07 bits per heavy atom. The maximum Gasteiger partial charge on any atom is 0.126 e. The molecule has 1 unspecified atom stereocenters. The van der Waals surface area contributed by atoms with Crippen LogP contribution in [0.2, 0.25) is 0 Å². The SMILES string of the molecule is CNC1COc2cc(OC)ccc2C1. The van der Waals surface area contributed by atoms with E-state index in [1.807, 2.05) is 19.2 Å². The van der Waals surface area contributed by atoms with Gasteiger partial charge in [0.1, 0.15) is 18.1 Å². The molecular weight excluding hydrogens is 178 g/mol. The molecule has 0 aliphatic carbocycles. The number of benzene rings is 1. The van der Waals surface area contributed by atoms with Crippen LogP contribution >= 0.6 is 0 Å². The first kappa shape index (κ1) is 9.34. The largest absolute Gasteiger partial charge is 0.497 e. The molecule has 1 aliphatic rings. The molecule has 0 aromatic heterocycles. The summed E-state index contributed by atoms with van der Waals surface area (Å²) in [5.41, 5.74) is 1.25. The molecule has 3 heteroatoms. The van der Waals surface area contributed by atoms with Crippen molar-refractivity contribution in [1.29, 1.82) is 0 Å². The van der Waals surface area contributed by atoms with Crippen molar-refractivity contribution in [3.63, 3.8) is 0 Å². The van der Waals surface area contributed by atoms with E-state index in [1.54, 1.807) is 7.11 Å². The van der Waals surface area contributed by atoms with E-state index in [4.69, 9.17) is 9.47 Å². The first-order valence-electron chi connectivity index (χ1n) is 4.80. The van der Waals surface area contributed by atoms with Gasteiger partial charge in [0, 0.05) is 12.1 Å². The highest BCUT2D eigenvalue weighted by atomic mass is 16.5. The Balaban J connectivity index is 2.23. The highest BCUT2D eigenvalue weighted by Gasteiger charge is 2.18. The minimum absolute atomic E-state index is 0.427. The number of nitrogens with one attached hydrogen (secondary N) is 1. The van der Waals surface area contributed by atoms with Crippen LogP contribution in [-0.2, 0) is 6.42 Å². The van der Waals surface area contributed by atoms with Crippen molar-refractivity contribution in [3.05, 3.63) is 23.8 Å². The van der Waals surface area contributed by atoms with Gasteiger partial charge in [-0.15, -0.1) is 0 Å². The number of hydrogen-bond donors (Lipinski definition) is 1. The van der Waals surface area contributed by atoms with Crippen LogP contribution in [0.4, 0.5) is 0 Å². The van der Waals surface area contributed by atoms with Crippen LogP contribution < -0.4 is 14.8 Å². The number of likely N-dealkylation sites (N-methyl/N-ethyl adjacent to an activating group) is 1. The third kappa shape index (κ3) is 1.68. The Bertz CT molecular complexity index is 325. The van der Waals surface area contributed by atoms with Crippen molar-refractivity contribution in [1.82, 2.24) is 5.32 Å². The Kier molecular flexibility index (Phi) is 2.59. The fourth-order valence-corrected chi connectivity index (χ4v) is 1.66. The summed E-state index contributed by atoms with van der Waals surface area (Å²) in [4.78, 5) is 0. The zero-order valence-electron chi connectivity index (χ0n) is 8.54. The summed E-state index contributed by atoms with van der Waals surface area (Å²) in [5.74, 6) is 1.81. The van der Waals surface area contributed by atoms with Gasteiger partial charge in [0.15, 0.2) is 0 Å². The van der Waals surface area contributed by atoms with Crippen LogP contribution in [0.5, 0.6) is 11.5 Å². The highest BCUT2D eigenvalue weighted by molar-refractivity contribution is 5.42. The second kappa shape index (κ2) is 3.88. The minimum atomic E-state index is 0.427. The van der Waals surface area contributed by atoms with E-state index >= 15 is 0 Å². The summed E-state index contributed by atoms with van der Waals surface area (Å²) in [7, 11) is 3.63. The highest BCUT2D eigenvalue weighted by Crippen LogP contribution is 2.28. The van der Waals surface area contributed by atoms with Gasteiger partial charge < -0.3 is 14.8 Å². The summed E-state index contributed by atoms with van der Waals surface area (Å²) >= 11 is 0. The van der Waals surface area contributed by atoms with Crippen LogP contribution in [0.15, 0.2) is 18.2 Å². The second-order valence-electron chi connectivity index (χ2n) is 3.47. The molecule has 1 aliphatic heterocycles. The molecule has 76 valence electrons. The van der Waals surface area contributed by atoms with Gasteiger partial charge in [-0.1, -0.05) is 6.07 Å². The van der Waals surface area contributed by atoms with E-state index in [9.17, 15) is 0 Å². The molecule has 14 heavy (non-hydrogen) atoms. The van der Waals surface area contributed by atoms with Gasteiger partial charge in [0.05, 0.1) is 7.11 Å². The number of hydrogen-bond acceptors (Lipinski definition) is 3. The van der Waals surface area contributed by atoms with Gasteiger partial charge in [-0.3, -0.25) is 0 Å². The predicted molar refractivity (Wildman–Crippen MR) is 55.0 cm³/mol. The van der Waals surface area contributed by atoms with Crippen molar-refractivity contribution in [2.75, 3.05) is 20.8 Å². The molecular formula is C11H15NO2.